The lowest BCUT2D eigenvalue weighted by Crippen LogP contribution is -2.56. The number of aromatic nitrogens is 3. The summed E-state index contributed by atoms with van der Waals surface area (Å²) in [5.41, 5.74) is -2.35. The normalized spacial score (nSPS) is 24.1. The van der Waals surface area contributed by atoms with Gasteiger partial charge in [0.05, 0.1) is 13.1 Å². The van der Waals surface area contributed by atoms with Crippen LogP contribution in [0.5, 0.6) is 0 Å². The molecule has 2 fully saturated rings. The van der Waals surface area contributed by atoms with E-state index in [0.717, 1.165) is 26.0 Å². The summed E-state index contributed by atoms with van der Waals surface area (Å²) in [5, 5.41) is 2.95. The van der Waals surface area contributed by atoms with Crippen LogP contribution in [0.1, 0.15) is 32.6 Å². The van der Waals surface area contributed by atoms with E-state index in [2.05, 4.69) is 18.5 Å². The number of hydrogen-bond acceptors (Lipinski definition) is 4. The molecule has 4 atom stereocenters. The molecule has 0 radical (unpaired) electrons. The summed E-state index contributed by atoms with van der Waals surface area (Å²) in [5.74, 6) is 1.47. The van der Waals surface area contributed by atoms with E-state index < -0.39 is 29.5 Å². The Morgan fingerprint density at radius 1 is 1.04 bits per heavy atom. The summed E-state index contributed by atoms with van der Waals surface area (Å²) >= 11 is 0. The van der Waals surface area contributed by atoms with Gasteiger partial charge in [0.25, 0.3) is 0 Å². The standard InChI is InChI=1S/C20H28N4O4/c1-4-8-22-18(26)23(9-5-2)20(28)24(19(22)27)12-17(25)21-13(3)16-11-14-6-7-15(16)10-14/h4-5,13-16H,1-2,6-12H2,3H3,(H,21,25). The molecule has 1 aromatic rings. The van der Waals surface area contributed by atoms with Gasteiger partial charge in [0.2, 0.25) is 5.91 Å². The average Bonchev–Trinajstić information content (AvgIpc) is 3.29. The number of amides is 1. The molecule has 1 amide bonds. The van der Waals surface area contributed by atoms with Crippen LogP contribution in [0.4, 0.5) is 0 Å². The third kappa shape index (κ3) is 3.68. The molecule has 3 rings (SSSR count). The van der Waals surface area contributed by atoms with Crippen LogP contribution in [-0.2, 0) is 24.4 Å². The van der Waals surface area contributed by atoms with Crippen LogP contribution in [0.3, 0.4) is 0 Å². The molecule has 152 valence electrons. The highest BCUT2D eigenvalue weighted by molar-refractivity contribution is 5.76. The molecular weight excluding hydrogens is 360 g/mol. The molecule has 1 aromatic heterocycles. The molecule has 2 bridgehead atoms. The van der Waals surface area contributed by atoms with Crippen LogP contribution < -0.4 is 22.4 Å². The predicted molar refractivity (Wildman–Crippen MR) is 106 cm³/mol. The molecule has 4 unspecified atom stereocenters. The Kier molecular flexibility index (Phi) is 5.86. The van der Waals surface area contributed by atoms with Gasteiger partial charge in [-0.05, 0) is 43.9 Å². The van der Waals surface area contributed by atoms with Crippen LogP contribution in [0.15, 0.2) is 39.7 Å². The van der Waals surface area contributed by atoms with Crippen molar-refractivity contribution >= 4 is 5.91 Å². The Labute approximate surface area is 163 Å². The largest absolute Gasteiger partial charge is 0.352 e. The van der Waals surface area contributed by atoms with Crippen molar-refractivity contribution in [2.75, 3.05) is 0 Å². The minimum Gasteiger partial charge on any atom is -0.352 e. The molecule has 2 aliphatic rings. The molecule has 0 saturated heterocycles. The van der Waals surface area contributed by atoms with Crippen molar-refractivity contribution in [3.05, 3.63) is 56.8 Å². The Morgan fingerprint density at radius 3 is 2.07 bits per heavy atom. The number of nitrogens with one attached hydrogen (secondary N) is 1. The molecular formula is C20H28N4O4. The van der Waals surface area contributed by atoms with Crippen LogP contribution >= 0.6 is 0 Å². The summed E-state index contributed by atoms with van der Waals surface area (Å²) in [6.45, 7) is 8.55. The van der Waals surface area contributed by atoms with Crippen LogP contribution in [-0.4, -0.2) is 25.7 Å². The first kappa shape index (κ1) is 20.1. The zero-order valence-corrected chi connectivity index (χ0v) is 16.3. The van der Waals surface area contributed by atoms with Crippen molar-refractivity contribution in [1.29, 1.82) is 0 Å². The first-order valence-electron chi connectivity index (χ1n) is 9.83. The SMILES string of the molecule is C=CCn1c(=O)n(CC=C)c(=O)n(CC(=O)NC(C)C2CC3CCC2C3)c1=O. The molecule has 2 aliphatic carbocycles. The third-order valence-corrected chi connectivity index (χ3v) is 6.13. The number of carbonyl (C=O) groups excluding carboxylic acids is 1. The van der Waals surface area contributed by atoms with Crippen molar-refractivity contribution in [2.45, 2.75) is 58.3 Å². The van der Waals surface area contributed by atoms with E-state index in [4.69, 9.17) is 0 Å². The minimum atomic E-state index is -0.807. The Balaban J connectivity index is 1.82. The maximum absolute atomic E-state index is 12.6. The second-order valence-electron chi connectivity index (χ2n) is 7.93. The van der Waals surface area contributed by atoms with Crippen LogP contribution in [0.25, 0.3) is 0 Å². The van der Waals surface area contributed by atoms with Crippen molar-refractivity contribution in [3.63, 3.8) is 0 Å². The van der Waals surface area contributed by atoms with E-state index in [-0.39, 0.29) is 19.1 Å². The zero-order valence-electron chi connectivity index (χ0n) is 16.3. The van der Waals surface area contributed by atoms with Gasteiger partial charge in [-0.25, -0.2) is 28.1 Å². The van der Waals surface area contributed by atoms with Crippen LogP contribution in [0.2, 0.25) is 0 Å². The highest BCUT2D eigenvalue weighted by atomic mass is 16.2. The fourth-order valence-electron chi connectivity index (χ4n) is 4.84. The molecule has 1 heterocycles. The lowest BCUT2D eigenvalue weighted by molar-refractivity contribution is -0.122. The first-order chi connectivity index (χ1) is 13.4. The second kappa shape index (κ2) is 8.16. The Morgan fingerprint density at radius 2 is 1.61 bits per heavy atom. The van der Waals surface area contributed by atoms with Gasteiger partial charge in [0, 0.05) is 6.04 Å². The highest BCUT2D eigenvalue weighted by Crippen LogP contribution is 2.49. The van der Waals surface area contributed by atoms with E-state index in [0.29, 0.717) is 11.8 Å². The molecule has 8 heteroatoms. The van der Waals surface area contributed by atoms with E-state index in [1.54, 1.807) is 0 Å². The zero-order chi connectivity index (χ0) is 20.4. The van der Waals surface area contributed by atoms with E-state index in [9.17, 15) is 19.2 Å². The number of rotatable bonds is 8. The monoisotopic (exact) mass is 388 g/mol. The first-order valence-corrected chi connectivity index (χ1v) is 9.83. The van der Waals surface area contributed by atoms with E-state index >= 15 is 0 Å². The van der Waals surface area contributed by atoms with Gasteiger partial charge in [-0.3, -0.25) is 4.79 Å². The van der Waals surface area contributed by atoms with Gasteiger partial charge in [-0.15, -0.1) is 13.2 Å². The number of hydrogen-bond donors (Lipinski definition) is 1. The molecule has 0 aromatic carbocycles. The Hall–Kier alpha value is -2.64. The minimum absolute atomic E-state index is 0.00650. The lowest BCUT2D eigenvalue weighted by atomic mass is 9.84. The fourth-order valence-corrected chi connectivity index (χ4v) is 4.84. The summed E-state index contributed by atoms with van der Waals surface area (Å²) in [6, 6.07) is -0.00650. The molecule has 0 aliphatic heterocycles. The van der Waals surface area contributed by atoms with Gasteiger partial charge in [0.1, 0.15) is 6.54 Å². The molecule has 8 nitrogen and oxygen atoms in total. The number of nitrogens with zero attached hydrogens (tertiary/aromatic N) is 3. The highest BCUT2D eigenvalue weighted by Gasteiger charge is 2.42. The smallest absolute Gasteiger partial charge is 0.337 e. The number of carbonyl (C=O) groups is 1. The maximum Gasteiger partial charge on any atom is 0.337 e. The van der Waals surface area contributed by atoms with Gasteiger partial charge < -0.3 is 5.32 Å². The molecule has 0 spiro atoms. The van der Waals surface area contributed by atoms with Crippen molar-refractivity contribution in [1.82, 2.24) is 19.0 Å². The lowest BCUT2D eigenvalue weighted by Gasteiger charge is -2.28. The van der Waals surface area contributed by atoms with Crippen LogP contribution in [0, 0.1) is 17.8 Å². The van der Waals surface area contributed by atoms with Gasteiger partial charge in [0.15, 0.2) is 0 Å². The van der Waals surface area contributed by atoms with Gasteiger partial charge >= 0.3 is 17.1 Å². The van der Waals surface area contributed by atoms with Crippen molar-refractivity contribution in [3.8, 4) is 0 Å². The fraction of sp³-hybridized carbons (Fsp3) is 0.600. The number of allylic oxidation sites excluding steroid dienone is 2. The quantitative estimate of drug-likeness (QED) is 0.656. The van der Waals surface area contributed by atoms with Gasteiger partial charge in [-0.2, -0.15) is 0 Å². The summed E-state index contributed by atoms with van der Waals surface area (Å²) in [6.07, 6.45) is 7.66. The average molecular weight is 388 g/mol. The van der Waals surface area contributed by atoms with Crippen molar-refractivity contribution < 1.29 is 4.79 Å². The number of fused-ring (bicyclic) bond motifs is 2. The molecule has 1 N–H and O–H groups in total. The topological polar surface area (TPSA) is 95.1 Å². The maximum atomic E-state index is 12.6. The summed E-state index contributed by atoms with van der Waals surface area (Å²) in [4.78, 5) is 50.1. The third-order valence-electron chi connectivity index (χ3n) is 6.13. The van der Waals surface area contributed by atoms with E-state index in [1.165, 1.54) is 31.4 Å². The molecule has 2 saturated carbocycles. The summed E-state index contributed by atoms with van der Waals surface area (Å²) in [7, 11) is 0. The van der Waals surface area contributed by atoms with Gasteiger partial charge in [-0.1, -0.05) is 18.6 Å². The predicted octanol–water partition coefficient (Wildman–Crippen LogP) is 0.485. The second-order valence-corrected chi connectivity index (χ2v) is 7.93. The Bertz CT molecular complexity index is 906. The molecule has 28 heavy (non-hydrogen) atoms. The van der Waals surface area contributed by atoms with E-state index in [1.807, 2.05) is 6.92 Å². The van der Waals surface area contributed by atoms with Crippen molar-refractivity contribution in [2.24, 2.45) is 17.8 Å². The summed E-state index contributed by atoms with van der Waals surface area (Å²) < 4.78 is 2.59.